The molecule has 0 radical (unpaired) electrons. The van der Waals surface area contributed by atoms with Crippen LogP contribution in [-0.4, -0.2) is 44.2 Å². The van der Waals surface area contributed by atoms with Gasteiger partial charge >= 0.3 is 0 Å². The molecule has 160 valence electrons. The van der Waals surface area contributed by atoms with Crippen LogP contribution in [0.1, 0.15) is 37.1 Å². The first-order chi connectivity index (χ1) is 15.2. The first kappa shape index (κ1) is 20.2. The molecule has 1 fully saturated rings. The second-order valence-corrected chi connectivity index (χ2v) is 9.35. The minimum atomic E-state index is 0.370. The molecule has 0 atom stereocenters. The summed E-state index contributed by atoms with van der Waals surface area (Å²) >= 11 is 1.58. The predicted molar refractivity (Wildman–Crippen MR) is 124 cm³/mol. The Labute approximate surface area is 186 Å². The lowest BCUT2D eigenvalue weighted by atomic mass is 10.0. The van der Waals surface area contributed by atoms with E-state index in [0.29, 0.717) is 10.7 Å². The normalized spacial score (nSPS) is 14.9. The molecule has 0 unspecified atom stereocenters. The summed E-state index contributed by atoms with van der Waals surface area (Å²) in [6.07, 6.45) is 8.55. The van der Waals surface area contributed by atoms with Crippen molar-refractivity contribution in [3.63, 3.8) is 0 Å². The van der Waals surface area contributed by atoms with Crippen LogP contribution < -0.4 is 4.74 Å². The molecule has 1 N–H and O–H groups in total. The van der Waals surface area contributed by atoms with Gasteiger partial charge in [0.25, 0.3) is 5.19 Å². The largest absolute Gasteiger partial charge is 0.431 e. The zero-order valence-corrected chi connectivity index (χ0v) is 18.6. The van der Waals surface area contributed by atoms with Gasteiger partial charge in [-0.05, 0) is 75.5 Å². The lowest BCUT2D eigenvalue weighted by molar-refractivity contribution is 0.206. The Morgan fingerprint density at radius 2 is 1.94 bits per heavy atom. The molecule has 1 saturated carbocycles. The topological polar surface area (TPSA) is 66.9 Å². The molecule has 1 aliphatic carbocycles. The van der Waals surface area contributed by atoms with Crippen LogP contribution in [0.4, 0.5) is 0 Å². The number of aromatic amines is 1. The lowest BCUT2D eigenvalue weighted by Gasteiger charge is -2.28. The van der Waals surface area contributed by atoms with Crippen molar-refractivity contribution in [2.24, 2.45) is 0 Å². The average molecular weight is 434 g/mol. The highest BCUT2D eigenvalue weighted by atomic mass is 32.1. The number of aromatic nitrogens is 4. The van der Waals surface area contributed by atoms with E-state index < -0.39 is 0 Å². The molecule has 2 aromatic carbocycles. The van der Waals surface area contributed by atoms with Crippen LogP contribution in [0.5, 0.6) is 10.9 Å². The van der Waals surface area contributed by atoms with Gasteiger partial charge < -0.3 is 9.64 Å². The van der Waals surface area contributed by atoms with E-state index in [1.165, 1.54) is 24.8 Å². The number of hydrogen-bond acceptors (Lipinski definition) is 6. The summed E-state index contributed by atoms with van der Waals surface area (Å²) in [6, 6.07) is 16.6. The molecule has 4 aromatic rings. The van der Waals surface area contributed by atoms with Gasteiger partial charge in [0.15, 0.2) is 0 Å². The van der Waals surface area contributed by atoms with Crippen molar-refractivity contribution in [3.8, 4) is 10.9 Å². The number of aryl methyl sites for hydroxylation is 2. The zero-order chi connectivity index (χ0) is 21.1. The highest BCUT2D eigenvalue weighted by Gasteiger charge is 2.45. The summed E-state index contributed by atoms with van der Waals surface area (Å²) in [5.74, 6) is 1.75. The number of benzene rings is 2. The summed E-state index contributed by atoms with van der Waals surface area (Å²) in [5.41, 5.74) is 2.71. The zero-order valence-electron chi connectivity index (χ0n) is 17.8. The van der Waals surface area contributed by atoms with Crippen molar-refractivity contribution in [1.29, 1.82) is 0 Å². The molecule has 0 aliphatic heterocycles. The van der Waals surface area contributed by atoms with E-state index in [0.717, 1.165) is 47.6 Å². The number of ether oxygens (including phenoxy) is 1. The highest BCUT2D eigenvalue weighted by Crippen LogP contribution is 2.45. The van der Waals surface area contributed by atoms with Crippen molar-refractivity contribution < 1.29 is 4.74 Å². The lowest BCUT2D eigenvalue weighted by Crippen LogP contribution is -2.35. The standard InChI is InChI=1S/C24H27N5OS/c1-29(16-4-7-22-25-17-26-28-22)24(14-15-24)13-12-18-8-10-19(11-9-18)30-23-27-20-5-2-3-6-21(20)31-23/h2-3,5-6,8-11,17H,4,7,12-16H2,1H3,(H,25,26,28). The molecule has 5 rings (SSSR count). The maximum Gasteiger partial charge on any atom is 0.279 e. The van der Waals surface area contributed by atoms with E-state index in [1.54, 1.807) is 17.7 Å². The Bertz CT molecular complexity index is 1090. The van der Waals surface area contributed by atoms with Gasteiger partial charge in [-0.3, -0.25) is 5.10 Å². The maximum absolute atomic E-state index is 5.98. The SMILES string of the molecule is CN(CCCc1nc[nH]n1)C1(CCc2ccc(Oc3nc4ccccc4s3)cc2)CC1. The number of fused-ring (bicyclic) bond motifs is 1. The van der Waals surface area contributed by atoms with Crippen LogP contribution >= 0.6 is 11.3 Å². The molecule has 0 saturated heterocycles. The molecule has 1 aliphatic rings. The van der Waals surface area contributed by atoms with Crippen molar-refractivity contribution in [3.05, 3.63) is 66.2 Å². The van der Waals surface area contributed by atoms with Gasteiger partial charge in [0.05, 0.1) is 10.2 Å². The Balaban J connectivity index is 1.12. The number of rotatable bonds is 10. The van der Waals surface area contributed by atoms with Gasteiger partial charge in [0.2, 0.25) is 0 Å². The van der Waals surface area contributed by atoms with Gasteiger partial charge in [-0.25, -0.2) is 9.97 Å². The predicted octanol–water partition coefficient (Wildman–Crippen LogP) is 5.24. The molecule has 0 spiro atoms. The van der Waals surface area contributed by atoms with Gasteiger partial charge in [0.1, 0.15) is 17.9 Å². The fourth-order valence-electron chi connectivity index (χ4n) is 4.13. The molecule has 31 heavy (non-hydrogen) atoms. The highest BCUT2D eigenvalue weighted by molar-refractivity contribution is 7.20. The third-order valence-electron chi connectivity index (χ3n) is 6.28. The quantitative estimate of drug-likeness (QED) is 0.371. The number of para-hydroxylation sites is 1. The summed E-state index contributed by atoms with van der Waals surface area (Å²) in [5, 5.41) is 7.62. The Morgan fingerprint density at radius 3 is 2.68 bits per heavy atom. The summed E-state index contributed by atoms with van der Waals surface area (Å²) in [7, 11) is 2.26. The molecule has 0 amide bonds. The molecule has 6 nitrogen and oxygen atoms in total. The molecule has 2 aromatic heterocycles. The van der Waals surface area contributed by atoms with E-state index in [2.05, 4.69) is 62.4 Å². The third kappa shape index (κ3) is 4.78. The van der Waals surface area contributed by atoms with E-state index in [1.807, 2.05) is 18.2 Å². The Morgan fingerprint density at radius 1 is 1.10 bits per heavy atom. The minimum Gasteiger partial charge on any atom is -0.431 e. The third-order valence-corrected chi connectivity index (χ3v) is 7.19. The van der Waals surface area contributed by atoms with E-state index in [-0.39, 0.29) is 0 Å². The molecule has 7 heteroatoms. The number of hydrogen-bond donors (Lipinski definition) is 1. The van der Waals surface area contributed by atoms with Gasteiger partial charge in [-0.2, -0.15) is 5.10 Å². The smallest absolute Gasteiger partial charge is 0.279 e. The second-order valence-electron chi connectivity index (χ2n) is 8.36. The summed E-state index contributed by atoms with van der Waals surface area (Å²) in [4.78, 5) is 11.3. The molecule has 2 heterocycles. The van der Waals surface area contributed by atoms with Gasteiger partial charge in [-0.15, -0.1) is 0 Å². The summed E-state index contributed by atoms with van der Waals surface area (Å²) < 4.78 is 7.12. The van der Waals surface area contributed by atoms with Crippen molar-refractivity contribution in [1.82, 2.24) is 25.1 Å². The number of thiazole rings is 1. The molecular formula is C24H27N5OS. The second kappa shape index (κ2) is 8.77. The first-order valence-electron chi connectivity index (χ1n) is 10.9. The van der Waals surface area contributed by atoms with Crippen LogP contribution in [0.2, 0.25) is 0 Å². The van der Waals surface area contributed by atoms with Crippen molar-refractivity contribution in [2.75, 3.05) is 13.6 Å². The summed E-state index contributed by atoms with van der Waals surface area (Å²) in [6.45, 7) is 1.09. The van der Waals surface area contributed by atoms with Crippen LogP contribution in [-0.2, 0) is 12.8 Å². The number of nitrogens with one attached hydrogen (secondary N) is 1. The minimum absolute atomic E-state index is 0.370. The average Bonchev–Trinajstić information content (AvgIpc) is 3.19. The van der Waals surface area contributed by atoms with E-state index >= 15 is 0 Å². The van der Waals surface area contributed by atoms with Crippen molar-refractivity contribution >= 4 is 21.6 Å². The maximum atomic E-state index is 5.98. The van der Waals surface area contributed by atoms with E-state index in [4.69, 9.17) is 4.74 Å². The van der Waals surface area contributed by atoms with Crippen LogP contribution in [0.3, 0.4) is 0 Å². The fraction of sp³-hybridized carbons (Fsp3) is 0.375. The molecular weight excluding hydrogens is 406 g/mol. The van der Waals surface area contributed by atoms with E-state index in [9.17, 15) is 0 Å². The van der Waals surface area contributed by atoms with Gasteiger partial charge in [0, 0.05) is 12.0 Å². The van der Waals surface area contributed by atoms with Crippen LogP contribution in [0.15, 0.2) is 54.9 Å². The number of H-pyrrole nitrogens is 1. The fourth-order valence-corrected chi connectivity index (χ4v) is 4.97. The Kier molecular flexibility index (Phi) is 5.70. The monoisotopic (exact) mass is 433 g/mol. The van der Waals surface area contributed by atoms with Crippen LogP contribution in [0, 0.1) is 0 Å². The number of nitrogens with zero attached hydrogens (tertiary/aromatic N) is 4. The molecule has 0 bridgehead atoms. The Hall–Kier alpha value is -2.77. The van der Waals surface area contributed by atoms with Gasteiger partial charge in [-0.1, -0.05) is 35.6 Å². The first-order valence-corrected chi connectivity index (χ1v) is 11.7. The van der Waals surface area contributed by atoms with Crippen LogP contribution in [0.25, 0.3) is 10.2 Å². The van der Waals surface area contributed by atoms with Crippen molar-refractivity contribution in [2.45, 2.75) is 44.1 Å².